The quantitative estimate of drug-likeness (QED) is 0.803. The molecule has 1 amide bonds. The molecule has 0 aliphatic carbocycles. The van der Waals surface area contributed by atoms with E-state index in [1.165, 1.54) is 17.7 Å². The van der Waals surface area contributed by atoms with Crippen molar-refractivity contribution in [2.45, 2.75) is 0 Å². The number of anilines is 1. The van der Waals surface area contributed by atoms with Gasteiger partial charge in [0.2, 0.25) is 0 Å². The Balaban J connectivity index is 1.65. The summed E-state index contributed by atoms with van der Waals surface area (Å²) in [6, 6.07) is 3.55. The molecule has 8 heteroatoms. The van der Waals surface area contributed by atoms with Crippen molar-refractivity contribution in [3.8, 4) is 5.75 Å². The molecule has 1 saturated heterocycles. The van der Waals surface area contributed by atoms with E-state index in [4.69, 9.17) is 16.3 Å². The van der Waals surface area contributed by atoms with Crippen molar-refractivity contribution < 1.29 is 9.53 Å². The van der Waals surface area contributed by atoms with Crippen molar-refractivity contribution in [1.29, 1.82) is 0 Å². The Morgan fingerprint density at radius 1 is 1.32 bits per heavy atom. The van der Waals surface area contributed by atoms with E-state index in [1.807, 2.05) is 16.3 Å². The van der Waals surface area contributed by atoms with Crippen molar-refractivity contribution in [2.75, 3.05) is 38.2 Å². The molecule has 0 N–H and O–H groups in total. The molecule has 116 valence electrons. The number of aromatic nitrogens is 2. The second-order valence-corrected chi connectivity index (χ2v) is 6.10. The van der Waals surface area contributed by atoms with E-state index < -0.39 is 0 Å². The van der Waals surface area contributed by atoms with Gasteiger partial charge in [-0.2, -0.15) is 0 Å². The molecule has 0 bridgehead atoms. The number of carbonyl (C=O) groups excluding carboxylic acids is 1. The number of halogens is 1. The van der Waals surface area contributed by atoms with Crippen LogP contribution in [0.4, 0.5) is 5.82 Å². The molecule has 2 aromatic rings. The van der Waals surface area contributed by atoms with E-state index in [2.05, 4.69) is 14.9 Å². The minimum Gasteiger partial charge on any atom is -0.495 e. The van der Waals surface area contributed by atoms with Gasteiger partial charge in [-0.15, -0.1) is 11.3 Å². The fourth-order valence-corrected chi connectivity index (χ4v) is 3.36. The molecule has 0 aromatic carbocycles. The zero-order chi connectivity index (χ0) is 15.5. The summed E-state index contributed by atoms with van der Waals surface area (Å²) < 4.78 is 5.22. The Morgan fingerprint density at radius 3 is 2.77 bits per heavy atom. The number of hydrogen-bond acceptors (Lipinski definition) is 6. The SMILES string of the molecule is COc1ccsc1C(=O)N1CCN(c2cc(Cl)ncn2)CC1. The standard InChI is InChI=1S/C14H15ClN4O2S/c1-21-10-2-7-22-13(10)14(20)19-5-3-18(4-6-19)12-8-11(15)16-9-17-12/h2,7-9H,3-6H2,1H3. The van der Waals surface area contributed by atoms with Gasteiger partial charge < -0.3 is 14.5 Å². The fraction of sp³-hybridized carbons (Fsp3) is 0.357. The van der Waals surface area contributed by atoms with Crippen LogP contribution >= 0.6 is 22.9 Å². The van der Waals surface area contributed by atoms with Crippen molar-refractivity contribution in [2.24, 2.45) is 0 Å². The Kier molecular flexibility index (Phi) is 4.44. The summed E-state index contributed by atoms with van der Waals surface area (Å²) in [6.07, 6.45) is 1.45. The lowest BCUT2D eigenvalue weighted by atomic mass is 10.3. The largest absolute Gasteiger partial charge is 0.495 e. The van der Waals surface area contributed by atoms with Gasteiger partial charge in [0.05, 0.1) is 7.11 Å². The minimum atomic E-state index is 0.0206. The van der Waals surface area contributed by atoms with Crippen LogP contribution in [0.5, 0.6) is 5.75 Å². The molecular weight excluding hydrogens is 324 g/mol. The van der Waals surface area contributed by atoms with Gasteiger partial charge in [-0.1, -0.05) is 11.6 Å². The van der Waals surface area contributed by atoms with Crippen LogP contribution in [0.1, 0.15) is 9.67 Å². The van der Waals surface area contributed by atoms with Gasteiger partial charge in [0.25, 0.3) is 5.91 Å². The summed E-state index contributed by atoms with van der Waals surface area (Å²) in [5.41, 5.74) is 0. The lowest BCUT2D eigenvalue weighted by Crippen LogP contribution is -2.49. The maximum atomic E-state index is 12.5. The number of hydrogen-bond donors (Lipinski definition) is 0. The number of piperazine rings is 1. The first kappa shape index (κ1) is 15.1. The summed E-state index contributed by atoms with van der Waals surface area (Å²) in [5.74, 6) is 1.45. The van der Waals surface area contributed by atoms with Crippen LogP contribution in [-0.2, 0) is 0 Å². The molecule has 0 radical (unpaired) electrons. The molecule has 0 saturated carbocycles. The van der Waals surface area contributed by atoms with E-state index in [-0.39, 0.29) is 5.91 Å². The number of carbonyl (C=O) groups is 1. The van der Waals surface area contributed by atoms with Gasteiger partial charge in [0.1, 0.15) is 27.9 Å². The number of amides is 1. The molecule has 0 unspecified atom stereocenters. The molecule has 1 aliphatic heterocycles. The van der Waals surface area contributed by atoms with E-state index in [1.54, 1.807) is 13.2 Å². The summed E-state index contributed by atoms with van der Waals surface area (Å²) in [7, 11) is 1.58. The van der Waals surface area contributed by atoms with E-state index in [0.29, 0.717) is 42.0 Å². The number of ether oxygens (including phenoxy) is 1. The highest BCUT2D eigenvalue weighted by molar-refractivity contribution is 7.12. The average Bonchev–Trinajstić information content (AvgIpc) is 3.03. The van der Waals surface area contributed by atoms with Gasteiger partial charge in [-0.3, -0.25) is 4.79 Å². The Hall–Kier alpha value is -1.86. The number of thiophene rings is 1. The molecule has 2 aromatic heterocycles. The third-order valence-corrected chi connectivity index (χ3v) is 4.64. The minimum absolute atomic E-state index is 0.0206. The van der Waals surface area contributed by atoms with Crippen LogP contribution in [0.2, 0.25) is 5.15 Å². The lowest BCUT2D eigenvalue weighted by Gasteiger charge is -2.35. The van der Waals surface area contributed by atoms with Crippen molar-refractivity contribution >= 4 is 34.7 Å². The maximum absolute atomic E-state index is 12.5. The summed E-state index contributed by atoms with van der Waals surface area (Å²) in [5, 5.41) is 2.29. The summed E-state index contributed by atoms with van der Waals surface area (Å²) in [4.78, 5) is 25.2. The van der Waals surface area contributed by atoms with Crippen LogP contribution in [0.25, 0.3) is 0 Å². The first-order valence-electron chi connectivity index (χ1n) is 6.82. The molecule has 3 heterocycles. The second-order valence-electron chi connectivity index (χ2n) is 4.80. The van der Waals surface area contributed by atoms with E-state index in [9.17, 15) is 4.79 Å². The summed E-state index contributed by atoms with van der Waals surface area (Å²) in [6.45, 7) is 2.71. The van der Waals surface area contributed by atoms with Gasteiger partial charge >= 0.3 is 0 Å². The third-order valence-electron chi connectivity index (χ3n) is 3.55. The van der Waals surface area contributed by atoms with Crippen LogP contribution in [0, 0.1) is 0 Å². The smallest absolute Gasteiger partial charge is 0.267 e. The molecule has 0 atom stereocenters. The van der Waals surface area contributed by atoms with Crippen LogP contribution in [-0.4, -0.2) is 54.1 Å². The highest BCUT2D eigenvalue weighted by Crippen LogP contribution is 2.26. The molecule has 1 aliphatic rings. The number of methoxy groups -OCH3 is 1. The number of nitrogens with zero attached hydrogens (tertiary/aromatic N) is 4. The maximum Gasteiger partial charge on any atom is 0.267 e. The fourth-order valence-electron chi connectivity index (χ4n) is 2.39. The zero-order valence-corrected chi connectivity index (χ0v) is 13.6. The van der Waals surface area contributed by atoms with Gasteiger partial charge in [0.15, 0.2) is 0 Å². The predicted molar refractivity (Wildman–Crippen MR) is 86.0 cm³/mol. The lowest BCUT2D eigenvalue weighted by molar-refractivity contribution is 0.0748. The van der Waals surface area contributed by atoms with Crippen molar-refractivity contribution in [1.82, 2.24) is 14.9 Å². The Labute approximate surface area is 137 Å². The molecule has 22 heavy (non-hydrogen) atoms. The third kappa shape index (κ3) is 3.00. The predicted octanol–water partition coefficient (Wildman–Crippen LogP) is 2.16. The molecule has 6 nitrogen and oxygen atoms in total. The van der Waals surface area contributed by atoms with Crippen molar-refractivity contribution in [3.63, 3.8) is 0 Å². The first-order valence-corrected chi connectivity index (χ1v) is 8.08. The van der Waals surface area contributed by atoms with Crippen molar-refractivity contribution in [3.05, 3.63) is 33.9 Å². The van der Waals surface area contributed by atoms with Gasteiger partial charge in [-0.25, -0.2) is 9.97 Å². The Morgan fingerprint density at radius 2 is 2.09 bits per heavy atom. The molecular formula is C14H15ClN4O2S. The highest BCUT2D eigenvalue weighted by atomic mass is 35.5. The number of rotatable bonds is 3. The second kappa shape index (κ2) is 6.50. The van der Waals surface area contributed by atoms with Gasteiger partial charge in [-0.05, 0) is 11.4 Å². The zero-order valence-electron chi connectivity index (χ0n) is 12.0. The van der Waals surface area contributed by atoms with Crippen LogP contribution in [0.15, 0.2) is 23.8 Å². The van der Waals surface area contributed by atoms with E-state index >= 15 is 0 Å². The van der Waals surface area contributed by atoms with E-state index in [0.717, 1.165) is 5.82 Å². The van der Waals surface area contributed by atoms with Gasteiger partial charge in [0, 0.05) is 32.2 Å². The first-order chi connectivity index (χ1) is 10.7. The average molecular weight is 339 g/mol. The molecule has 3 rings (SSSR count). The monoisotopic (exact) mass is 338 g/mol. The molecule has 1 fully saturated rings. The Bertz CT molecular complexity index is 670. The molecule has 0 spiro atoms. The topological polar surface area (TPSA) is 58.6 Å². The normalized spacial score (nSPS) is 15.0. The summed E-state index contributed by atoms with van der Waals surface area (Å²) >= 11 is 7.30. The van der Waals surface area contributed by atoms with Crippen LogP contribution in [0.3, 0.4) is 0 Å². The van der Waals surface area contributed by atoms with Crippen LogP contribution < -0.4 is 9.64 Å². The highest BCUT2D eigenvalue weighted by Gasteiger charge is 2.25.